The van der Waals surface area contributed by atoms with Gasteiger partial charge in [-0.3, -0.25) is 4.98 Å². The molecule has 0 saturated carbocycles. The predicted molar refractivity (Wildman–Crippen MR) is 62.4 cm³/mol. The molecule has 2 aromatic rings. The van der Waals surface area contributed by atoms with Gasteiger partial charge in [0.25, 0.3) is 0 Å². The fourth-order valence-corrected chi connectivity index (χ4v) is 1.38. The lowest BCUT2D eigenvalue weighted by molar-refractivity contribution is -0.0500. The zero-order chi connectivity index (χ0) is 13.7. The molecule has 0 spiro atoms. The van der Waals surface area contributed by atoms with Crippen LogP contribution in [0.25, 0.3) is 0 Å². The number of hydrogen-bond donors (Lipinski definition) is 1. The topological polar surface area (TPSA) is 47.0 Å². The third-order valence-electron chi connectivity index (χ3n) is 2.19. The number of ether oxygens (including phenoxy) is 1. The number of aromatic nitrogens is 2. The van der Waals surface area contributed by atoms with Crippen LogP contribution in [0.1, 0.15) is 5.69 Å². The number of nitrogens with zero attached hydrogens (tertiary/aromatic N) is 2. The van der Waals surface area contributed by atoms with Crippen LogP contribution in [0.5, 0.6) is 5.75 Å². The van der Waals surface area contributed by atoms with Crippen LogP contribution >= 0.6 is 0 Å². The molecule has 0 aromatic carbocycles. The molecule has 19 heavy (non-hydrogen) atoms. The van der Waals surface area contributed by atoms with E-state index in [9.17, 15) is 13.2 Å². The molecule has 7 heteroatoms. The number of pyridine rings is 2. The zero-order valence-corrected chi connectivity index (χ0v) is 9.69. The molecule has 0 aliphatic heterocycles. The van der Waals surface area contributed by atoms with Crippen LogP contribution < -0.4 is 10.1 Å². The van der Waals surface area contributed by atoms with Crippen molar-refractivity contribution in [2.45, 2.75) is 13.2 Å². The van der Waals surface area contributed by atoms with Crippen LogP contribution in [0, 0.1) is 5.95 Å². The van der Waals surface area contributed by atoms with E-state index >= 15 is 0 Å². The van der Waals surface area contributed by atoms with Gasteiger partial charge in [0.2, 0.25) is 5.95 Å². The fourth-order valence-electron chi connectivity index (χ4n) is 1.38. The molecule has 0 saturated heterocycles. The maximum atomic E-state index is 12.8. The zero-order valence-electron chi connectivity index (χ0n) is 9.69. The summed E-state index contributed by atoms with van der Waals surface area (Å²) in [7, 11) is 0. The van der Waals surface area contributed by atoms with Crippen LogP contribution in [0.4, 0.5) is 19.0 Å². The van der Waals surface area contributed by atoms with Crippen LogP contribution in [0.3, 0.4) is 0 Å². The van der Waals surface area contributed by atoms with Gasteiger partial charge in [-0.15, -0.1) is 0 Å². The second kappa shape index (κ2) is 6.03. The highest BCUT2D eigenvalue weighted by atomic mass is 19.3. The number of hydrogen-bond acceptors (Lipinski definition) is 4. The van der Waals surface area contributed by atoms with Crippen molar-refractivity contribution in [3.63, 3.8) is 0 Å². The van der Waals surface area contributed by atoms with Crippen molar-refractivity contribution >= 4 is 5.82 Å². The lowest BCUT2D eigenvalue weighted by atomic mass is 10.3. The van der Waals surface area contributed by atoms with E-state index in [0.717, 1.165) is 0 Å². The highest BCUT2D eigenvalue weighted by Crippen LogP contribution is 2.13. The van der Waals surface area contributed by atoms with Crippen LogP contribution in [0.2, 0.25) is 0 Å². The van der Waals surface area contributed by atoms with Crippen molar-refractivity contribution < 1.29 is 17.9 Å². The summed E-state index contributed by atoms with van der Waals surface area (Å²) < 4.78 is 40.8. The first-order valence-electron chi connectivity index (χ1n) is 5.39. The highest BCUT2D eigenvalue weighted by molar-refractivity contribution is 5.34. The summed E-state index contributed by atoms with van der Waals surface area (Å²) in [6, 6.07) is 7.29. The normalized spacial score (nSPS) is 10.5. The third-order valence-corrected chi connectivity index (χ3v) is 2.19. The minimum absolute atomic E-state index is 0.0115. The molecule has 0 radical (unpaired) electrons. The molecule has 2 rings (SSSR count). The van der Waals surface area contributed by atoms with Crippen molar-refractivity contribution in [2.75, 3.05) is 5.32 Å². The molecule has 0 aliphatic rings. The fraction of sp³-hybridized carbons (Fsp3) is 0.167. The van der Waals surface area contributed by atoms with Crippen molar-refractivity contribution in [3.05, 3.63) is 48.2 Å². The Hall–Kier alpha value is -2.31. The summed E-state index contributed by atoms with van der Waals surface area (Å²) in [4.78, 5) is 7.54. The van der Waals surface area contributed by atoms with Gasteiger partial charge in [0.05, 0.1) is 18.4 Å². The molecule has 0 fully saturated rings. The van der Waals surface area contributed by atoms with Crippen LogP contribution in [0.15, 0.2) is 36.5 Å². The van der Waals surface area contributed by atoms with Gasteiger partial charge >= 0.3 is 6.61 Å². The molecule has 2 heterocycles. The molecule has 2 aromatic heterocycles. The molecule has 100 valence electrons. The number of nitrogens with one attached hydrogen (secondary N) is 1. The first-order chi connectivity index (χ1) is 9.13. The second-order valence-electron chi connectivity index (χ2n) is 3.56. The van der Waals surface area contributed by atoms with Crippen molar-refractivity contribution in [2.24, 2.45) is 0 Å². The summed E-state index contributed by atoms with van der Waals surface area (Å²) in [6.07, 6.45) is 1.20. The Morgan fingerprint density at radius 3 is 2.68 bits per heavy atom. The lowest BCUT2D eigenvalue weighted by Crippen LogP contribution is -2.05. The monoisotopic (exact) mass is 269 g/mol. The van der Waals surface area contributed by atoms with E-state index < -0.39 is 12.6 Å². The average Bonchev–Trinajstić information content (AvgIpc) is 2.37. The van der Waals surface area contributed by atoms with Crippen molar-refractivity contribution in [1.29, 1.82) is 0 Å². The highest BCUT2D eigenvalue weighted by Gasteiger charge is 2.04. The van der Waals surface area contributed by atoms with E-state index in [-0.39, 0.29) is 5.75 Å². The van der Waals surface area contributed by atoms with E-state index in [1.54, 1.807) is 6.07 Å². The van der Waals surface area contributed by atoms with E-state index in [4.69, 9.17) is 0 Å². The van der Waals surface area contributed by atoms with Gasteiger partial charge in [-0.05, 0) is 24.3 Å². The predicted octanol–water partition coefficient (Wildman–Crippen LogP) is 2.83. The molecule has 0 atom stereocenters. The van der Waals surface area contributed by atoms with Gasteiger partial charge in [0.1, 0.15) is 11.6 Å². The lowest BCUT2D eigenvalue weighted by Gasteiger charge is -2.06. The summed E-state index contributed by atoms with van der Waals surface area (Å²) in [6.45, 7) is -2.58. The van der Waals surface area contributed by atoms with Crippen LogP contribution in [-0.2, 0) is 6.54 Å². The Morgan fingerprint density at radius 1 is 1.21 bits per heavy atom. The standard InChI is InChI=1S/C12H10F3N3O/c13-10-2-1-3-11(18-10)17-6-8-4-5-9(7-16-8)19-12(14)15/h1-5,7,12H,6H2,(H,17,18). The largest absolute Gasteiger partial charge is 0.433 e. The van der Waals surface area contributed by atoms with Gasteiger partial charge in [-0.1, -0.05) is 6.07 Å². The van der Waals surface area contributed by atoms with Crippen molar-refractivity contribution in [1.82, 2.24) is 9.97 Å². The van der Waals surface area contributed by atoms with Crippen molar-refractivity contribution in [3.8, 4) is 5.75 Å². The summed E-state index contributed by atoms with van der Waals surface area (Å²) in [5, 5.41) is 2.86. The number of halogens is 3. The Bertz CT molecular complexity index is 534. The van der Waals surface area contributed by atoms with E-state index in [0.29, 0.717) is 18.1 Å². The van der Waals surface area contributed by atoms with Gasteiger partial charge in [0, 0.05) is 0 Å². The molecular formula is C12H10F3N3O. The quantitative estimate of drug-likeness (QED) is 0.848. The summed E-state index contributed by atoms with van der Waals surface area (Å²) >= 11 is 0. The SMILES string of the molecule is Fc1cccc(NCc2ccc(OC(F)F)cn2)n1. The number of anilines is 1. The minimum atomic E-state index is -2.87. The van der Waals surface area contributed by atoms with E-state index in [2.05, 4.69) is 20.0 Å². The maximum Gasteiger partial charge on any atom is 0.387 e. The Kier molecular flexibility index (Phi) is 4.17. The number of alkyl halides is 2. The third kappa shape index (κ3) is 4.13. The first-order valence-corrected chi connectivity index (χ1v) is 5.39. The molecule has 0 amide bonds. The second-order valence-corrected chi connectivity index (χ2v) is 3.56. The average molecular weight is 269 g/mol. The van der Waals surface area contributed by atoms with Gasteiger partial charge in [-0.2, -0.15) is 13.2 Å². The Morgan fingerprint density at radius 2 is 2.05 bits per heavy atom. The number of rotatable bonds is 5. The Balaban J connectivity index is 1.93. The first kappa shape index (κ1) is 13.1. The molecule has 1 N–H and O–H groups in total. The molecule has 0 aliphatic carbocycles. The van der Waals surface area contributed by atoms with E-state index in [1.807, 2.05) is 0 Å². The summed E-state index contributed by atoms with van der Waals surface area (Å²) in [5.74, 6) is -0.226. The molecule has 0 unspecified atom stereocenters. The van der Waals surface area contributed by atoms with Gasteiger partial charge < -0.3 is 10.1 Å². The molecular weight excluding hydrogens is 259 g/mol. The Labute approximate surface area is 107 Å². The van der Waals surface area contributed by atoms with E-state index in [1.165, 1.54) is 30.5 Å². The molecule has 4 nitrogen and oxygen atoms in total. The molecule has 0 bridgehead atoms. The smallest absolute Gasteiger partial charge is 0.387 e. The minimum Gasteiger partial charge on any atom is -0.433 e. The van der Waals surface area contributed by atoms with Gasteiger partial charge in [0.15, 0.2) is 0 Å². The maximum absolute atomic E-state index is 12.8. The summed E-state index contributed by atoms with van der Waals surface area (Å²) in [5.41, 5.74) is 0.590. The van der Waals surface area contributed by atoms with Gasteiger partial charge in [-0.25, -0.2) is 4.98 Å². The van der Waals surface area contributed by atoms with Crippen LogP contribution in [-0.4, -0.2) is 16.6 Å².